The summed E-state index contributed by atoms with van der Waals surface area (Å²) in [5, 5.41) is 15.9. The Labute approximate surface area is 228 Å². The molecule has 3 aromatic rings. The molecule has 1 aliphatic rings. The summed E-state index contributed by atoms with van der Waals surface area (Å²) >= 11 is 0. The first-order chi connectivity index (χ1) is 18.9. The summed E-state index contributed by atoms with van der Waals surface area (Å²) < 4.78 is 13.6. The summed E-state index contributed by atoms with van der Waals surface area (Å²) in [6.07, 6.45) is 2.39. The second-order valence-corrected chi connectivity index (χ2v) is 9.65. The van der Waals surface area contributed by atoms with E-state index in [4.69, 9.17) is 10.7 Å². The average molecular weight is 529 g/mol. The van der Waals surface area contributed by atoms with Gasteiger partial charge in [0.25, 0.3) is 5.91 Å². The predicted molar refractivity (Wildman–Crippen MR) is 148 cm³/mol. The lowest BCUT2D eigenvalue weighted by atomic mass is 10.00. The van der Waals surface area contributed by atoms with Gasteiger partial charge in [0.15, 0.2) is 0 Å². The number of carbonyl (C=O) groups is 2. The summed E-state index contributed by atoms with van der Waals surface area (Å²) in [5.41, 5.74) is 9.32. The normalized spacial score (nSPS) is 14.8. The number of amides is 2. The van der Waals surface area contributed by atoms with Crippen LogP contribution in [0.2, 0.25) is 0 Å². The van der Waals surface area contributed by atoms with Crippen LogP contribution in [-0.4, -0.2) is 53.9 Å². The van der Waals surface area contributed by atoms with Gasteiger partial charge < -0.3 is 21.3 Å². The zero-order valence-corrected chi connectivity index (χ0v) is 22.0. The molecule has 9 heteroatoms. The molecule has 0 aliphatic carbocycles. The summed E-state index contributed by atoms with van der Waals surface area (Å²) in [4.78, 5) is 32.3. The Morgan fingerprint density at radius 2 is 2.05 bits per heavy atom. The highest BCUT2D eigenvalue weighted by Gasteiger charge is 2.31. The number of hydrogen-bond acceptors (Lipinski definition) is 6. The second kappa shape index (κ2) is 13.0. The topological polar surface area (TPSA) is 124 Å². The van der Waals surface area contributed by atoms with Crippen molar-refractivity contribution >= 4 is 17.6 Å². The van der Waals surface area contributed by atoms with Crippen LogP contribution in [0.1, 0.15) is 46.3 Å². The zero-order chi connectivity index (χ0) is 27.8. The minimum atomic E-state index is -0.308. The predicted octanol–water partition coefficient (Wildman–Crippen LogP) is 3.79. The third kappa shape index (κ3) is 6.78. The van der Waals surface area contributed by atoms with Gasteiger partial charge in [0.2, 0.25) is 5.91 Å². The van der Waals surface area contributed by atoms with Crippen molar-refractivity contribution in [1.82, 2.24) is 15.2 Å². The van der Waals surface area contributed by atoms with Crippen molar-refractivity contribution in [3.8, 4) is 17.3 Å². The van der Waals surface area contributed by atoms with Crippen LogP contribution in [0.15, 0.2) is 54.6 Å². The summed E-state index contributed by atoms with van der Waals surface area (Å²) in [6.45, 7) is 3.68. The molecule has 1 atom stereocenters. The van der Waals surface area contributed by atoms with Crippen LogP contribution in [0, 0.1) is 24.1 Å². The Kier molecular flexibility index (Phi) is 9.23. The summed E-state index contributed by atoms with van der Waals surface area (Å²) in [7, 11) is 0. The molecule has 0 spiro atoms. The first-order valence-corrected chi connectivity index (χ1v) is 13.2. The fraction of sp³-hybridized carbons (Fsp3) is 0.333. The Hall–Kier alpha value is -4.29. The van der Waals surface area contributed by atoms with Crippen molar-refractivity contribution in [2.75, 3.05) is 31.5 Å². The lowest BCUT2D eigenvalue weighted by Crippen LogP contribution is -2.42. The number of nitrogens with zero attached hydrogens (tertiary/aromatic N) is 3. The van der Waals surface area contributed by atoms with E-state index in [-0.39, 0.29) is 23.7 Å². The van der Waals surface area contributed by atoms with E-state index in [2.05, 4.69) is 16.7 Å². The number of nitrogens with two attached hydrogens (primary N) is 1. The van der Waals surface area contributed by atoms with Gasteiger partial charge >= 0.3 is 0 Å². The molecule has 1 saturated heterocycles. The van der Waals surface area contributed by atoms with Crippen molar-refractivity contribution < 1.29 is 14.0 Å². The highest BCUT2D eigenvalue weighted by Crippen LogP contribution is 2.29. The molecule has 0 radical (unpaired) electrons. The standard InChI is InChI=1S/C30H33FN6O2/c1-20-16-26(30(39)35-19-24-10-11-27(38)37(24)15-5-13-32)29(34-14-12-21-6-4-8-23(31)17-21)36-28(20)25-9-3-2-7-22(25)18-33/h2-4,6-9,16-17,24H,5,10-15,19,32H2,1H3,(H,34,36)(H,35,39)/t24-/m1/s1. The van der Waals surface area contributed by atoms with Crippen LogP contribution in [0.25, 0.3) is 11.3 Å². The molecule has 0 saturated carbocycles. The molecule has 8 nitrogen and oxygen atoms in total. The van der Waals surface area contributed by atoms with Crippen molar-refractivity contribution in [1.29, 1.82) is 5.26 Å². The van der Waals surface area contributed by atoms with Gasteiger partial charge in [-0.05, 0) is 68.1 Å². The highest BCUT2D eigenvalue weighted by atomic mass is 19.1. The molecule has 4 rings (SSSR count). The fourth-order valence-corrected chi connectivity index (χ4v) is 4.88. The maximum absolute atomic E-state index is 13.6. The molecule has 1 aromatic heterocycles. The van der Waals surface area contributed by atoms with E-state index in [1.54, 1.807) is 29.2 Å². The van der Waals surface area contributed by atoms with Crippen molar-refractivity contribution in [2.45, 2.75) is 38.6 Å². The number of pyridine rings is 1. The molecule has 202 valence electrons. The minimum Gasteiger partial charge on any atom is -0.369 e. The number of carbonyl (C=O) groups excluding carboxylic acids is 2. The molecule has 1 aliphatic heterocycles. The van der Waals surface area contributed by atoms with Crippen LogP contribution < -0.4 is 16.4 Å². The van der Waals surface area contributed by atoms with E-state index in [9.17, 15) is 19.2 Å². The fourth-order valence-electron chi connectivity index (χ4n) is 4.88. The molecular weight excluding hydrogens is 495 g/mol. The van der Waals surface area contributed by atoms with E-state index in [1.165, 1.54) is 12.1 Å². The average Bonchev–Trinajstić information content (AvgIpc) is 3.29. The first kappa shape index (κ1) is 27.7. The number of rotatable bonds is 11. The van der Waals surface area contributed by atoms with Crippen LogP contribution in [-0.2, 0) is 11.2 Å². The number of halogens is 1. The maximum atomic E-state index is 13.6. The van der Waals surface area contributed by atoms with Crippen LogP contribution >= 0.6 is 0 Å². The number of aryl methyl sites for hydroxylation is 1. The van der Waals surface area contributed by atoms with E-state index in [0.29, 0.717) is 80.1 Å². The van der Waals surface area contributed by atoms with Gasteiger partial charge in [0, 0.05) is 37.7 Å². The van der Waals surface area contributed by atoms with E-state index >= 15 is 0 Å². The van der Waals surface area contributed by atoms with Gasteiger partial charge in [0.1, 0.15) is 11.6 Å². The largest absolute Gasteiger partial charge is 0.369 e. The van der Waals surface area contributed by atoms with Gasteiger partial charge in [-0.25, -0.2) is 9.37 Å². The van der Waals surface area contributed by atoms with Crippen LogP contribution in [0.3, 0.4) is 0 Å². The Morgan fingerprint density at radius 1 is 1.23 bits per heavy atom. The lowest BCUT2D eigenvalue weighted by Gasteiger charge is -2.25. The van der Waals surface area contributed by atoms with Crippen molar-refractivity contribution in [3.05, 3.63) is 82.7 Å². The molecule has 1 fully saturated rings. The number of anilines is 1. The molecule has 39 heavy (non-hydrogen) atoms. The van der Waals surface area contributed by atoms with Crippen LogP contribution in [0.5, 0.6) is 0 Å². The molecule has 0 bridgehead atoms. The van der Waals surface area contributed by atoms with Gasteiger partial charge in [-0.2, -0.15) is 5.26 Å². The molecule has 2 heterocycles. The minimum absolute atomic E-state index is 0.0757. The number of likely N-dealkylation sites (tertiary alicyclic amines) is 1. The van der Waals surface area contributed by atoms with Gasteiger partial charge in [-0.3, -0.25) is 9.59 Å². The van der Waals surface area contributed by atoms with Gasteiger partial charge in [-0.15, -0.1) is 0 Å². The van der Waals surface area contributed by atoms with E-state index in [1.807, 2.05) is 25.1 Å². The Morgan fingerprint density at radius 3 is 2.82 bits per heavy atom. The second-order valence-electron chi connectivity index (χ2n) is 9.65. The molecular formula is C30H33FN6O2. The molecule has 2 amide bonds. The highest BCUT2D eigenvalue weighted by molar-refractivity contribution is 5.99. The quantitative estimate of drug-likeness (QED) is 0.348. The Bertz CT molecular complexity index is 1390. The first-order valence-electron chi connectivity index (χ1n) is 13.2. The number of nitrogens with one attached hydrogen (secondary N) is 2. The van der Waals surface area contributed by atoms with Gasteiger partial charge in [0.05, 0.1) is 22.9 Å². The molecule has 2 aromatic carbocycles. The number of nitriles is 1. The molecule has 4 N–H and O–H groups in total. The third-order valence-electron chi connectivity index (χ3n) is 6.91. The molecule has 0 unspecified atom stereocenters. The van der Waals surface area contributed by atoms with Crippen LogP contribution in [0.4, 0.5) is 10.2 Å². The van der Waals surface area contributed by atoms with Crippen molar-refractivity contribution in [2.24, 2.45) is 5.73 Å². The van der Waals surface area contributed by atoms with Gasteiger partial charge in [-0.1, -0.05) is 30.3 Å². The lowest BCUT2D eigenvalue weighted by molar-refractivity contribution is -0.128. The zero-order valence-electron chi connectivity index (χ0n) is 22.0. The summed E-state index contributed by atoms with van der Waals surface area (Å²) in [5.74, 6) is -0.153. The van der Waals surface area contributed by atoms with E-state index in [0.717, 1.165) is 11.1 Å². The Balaban J connectivity index is 1.58. The number of aromatic nitrogens is 1. The smallest absolute Gasteiger partial charge is 0.255 e. The number of hydrogen-bond donors (Lipinski definition) is 3. The maximum Gasteiger partial charge on any atom is 0.255 e. The van der Waals surface area contributed by atoms with Crippen molar-refractivity contribution in [3.63, 3.8) is 0 Å². The SMILES string of the molecule is Cc1cc(C(=O)NC[C@H]2CCC(=O)N2CCCN)c(NCCc2cccc(F)c2)nc1-c1ccccc1C#N. The third-order valence-corrected chi connectivity index (χ3v) is 6.91. The summed E-state index contributed by atoms with van der Waals surface area (Å²) in [6, 6.07) is 17.5. The monoisotopic (exact) mass is 528 g/mol. The number of benzene rings is 2. The van der Waals surface area contributed by atoms with E-state index < -0.39 is 0 Å².